The predicted octanol–water partition coefficient (Wildman–Crippen LogP) is 1.17. The largest absolute Gasteiger partial charge is 0.272 e. The van der Waals surface area contributed by atoms with E-state index in [1.165, 1.54) is 5.06 Å². The summed E-state index contributed by atoms with van der Waals surface area (Å²) in [6.07, 6.45) is 1.61. The summed E-state index contributed by atoms with van der Waals surface area (Å²) in [6, 6.07) is 0. The van der Waals surface area contributed by atoms with Crippen LogP contribution < -0.4 is 0 Å². The van der Waals surface area contributed by atoms with Crippen LogP contribution in [0.3, 0.4) is 0 Å². The number of hydrogen-bond acceptors (Lipinski definition) is 2. The Hall–Kier alpha value is -0.280. The van der Waals surface area contributed by atoms with Crippen molar-refractivity contribution in [2.24, 2.45) is 5.41 Å². The van der Waals surface area contributed by atoms with Gasteiger partial charge in [-0.3, -0.25) is 9.63 Å². The Labute approximate surface area is 76.6 Å². The second-order valence-electron chi connectivity index (χ2n) is 3.80. The number of carbonyl (C=O) groups excluding carboxylic acids is 1. The van der Waals surface area contributed by atoms with Crippen LogP contribution in [0.5, 0.6) is 0 Å². The van der Waals surface area contributed by atoms with Crippen molar-refractivity contribution in [1.29, 1.82) is 0 Å². The second kappa shape index (κ2) is 2.36. The first-order valence-electron chi connectivity index (χ1n) is 4.15. The Balaban J connectivity index is 2.31. The predicted molar refractivity (Wildman–Crippen MR) is 44.6 cm³/mol. The molecule has 0 N–H and O–H groups in total. The van der Waals surface area contributed by atoms with E-state index in [0.717, 1.165) is 12.8 Å². The molecule has 3 atom stereocenters. The molecule has 2 aliphatic rings. The molecule has 0 unspecified atom stereocenters. The maximum Gasteiger partial charge on any atom is 0.254 e. The Morgan fingerprint density at radius 3 is 3.00 bits per heavy atom. The molecule has 4 heteroatoms. The first-order chi connectivity index (χ1) is 5.55. The summed E-state index contributed by atoms with van der Waals surface area (Å²) >= 11 is 6.03. The fourth-order valence-corrected chi connectivity index (χ4v) is 2.55. The summed E-state index contributed by atoms with van der Waals surface area (Å²) in [5.41, 5.74) is -0.360. The van der Waals surface area contributed by atoms with Crippen molar-refractivity contribution in [3.05, 3.63) is 0 Å². The lowest BCUT2D eigenvalue weighted by Crippen LogP contribution is -2.32. The van der Waals surface area contributed by atoms with E-state index in [-0.39, 0.29) is 22.8 Å². The molecule has 2 rings (SSSR count). The standard InChI is InChI=1S/C8H12ClNO2/c1-8-4-3-5(9)6(8)12-10(2)7(8)11/h5-6H,3-4H2,1-2H3/t5-,6+,8-/m1/s1. The molecule has 0 bridgehead atoms. The summed E-state index contributed by atoms with van der Waals surface area (Å²) in [5, 5.41) is 1.31. The third-order valence-electron chi connectivity index (χ3n) is 2.94. The molecule has 3 nitrogen and oxygen atoms in total. The number of fused-ring (bicyclic) bond motifs is 1. The van der Waals surface area contributed by atoms with Crippen molar-refractivity contribution in [3.8, 4) is 0 Å². The quantitative estimate of drug-likeness (QED) is 0.536. The van der Waals surface area contributed by atoms with Gasteiger partial charge in [-0.2, -0.15) is 0 Å². The third-order valence-corrected chi connectivity index (χ3v) is 3.39. The van der Waals surface area contributed by atoms with Gasteiger partial charge in [0.2, 0.25) is 0 Å². The maximum absolute atomic E-state index is 11.6. The molecule has 68 valence electrons. The van der Waals surface area contributed by atoms with Gasteiger partial charge in [-0.1, -0.05) is 0 Å². The molecule has 0 spiro atoms. The molecule has 0 aromatic rings. The van der Waals surface area contributed by atoms with Crippen molar-refractivity contribution >= 4 is 17.5 Å². The lowest BCUT2D eigenvalue weighted by molar-refractivity contribution is -0.164. The van der Waals surface area contributed by atoms with Gasteiger partial charge in [0.15, 0.2) is 0 Å². The summed E-state index contributed by atoms with van der Waals surface area (Å²) < 4.78 is 0. The van der Waals surface area contributed by atoms with E-state index in [0.29, 0.717) is 0 Å². The minimum absolute atomic E-state index is 0.0103. The van der Waals surface area contributed by atoms with Crippen LogP contribution in [0.15, 0.2) is 0 Å². The van der Waals surface area contributed by atoms with Gasteiger partial charge >= 0.3 is 0 Å². The molecule has 1 saturated carbocycles. The van der Waals surface area contributed by atoms with Crippen molar-refractivity contribution in [3.63, 3.8) is 0 Å². The topological polar surface area (TPSA) is 29.5 Å². The van der Waals surface area contributed by atoms with E-state index in [1.54, 1.807) is 7.05 Å². The van der Waals surface area contributed by atoms with Gasteiger partial charge in [-0.05, 0) is 19.8 Å². The fourth-order valence-electron chi connectivity index (χ4n) is 2.12. The van der Waals surface area contributed by atoms with Crippen LogP contribution in [0.1, 0.15) is 19.8 Å². The molecule has 0 aromatic heterocycles. The van der Waals surface area contributed by atoms with Gasteiger partial charge in [0, 0.05) is 7.05 Å². The number of alkyl halides is 1. The molecule has 0 aromatic carbocycles. The van der Waals surface area contributed by atoms with Crippen LogP contribution >= 0.6 is 11.6 Å². The maximum atomic E-state index is 11.6. The zero-order valence-corrected chi connectivity index (χ0v) is 7.97. The number of amides is 1. The number of rotatable bonds is 0. The Morgan fingerprint density at radius 2 is 2.42 bits per heavy atom. The summed E-state index contributed by atoms with van der Waals surface area (Å²) in [6.45, 7) is 1.94. The SMILES string of the molecule is CN1O[C@H]2[C@H](Cl)CC[C@@]2(C)C1=O. The van der Waals surface area contributed by atoms with Crippen LogP contribution in [-0.2, 0) is 9.63 Å². The van der Waals surface area contributed by atoms with Crippen LogP contribution in [-0.4, -0.2) is 29.5 Å². The lowest BCUT2D eigenvalue weighted by atomic mass is 9.86. The Morgan fingerprint density at radius 1 is 1.75 bits per heavy atom. The minimum atomic E-state index is -0.360. The highest BCUT2D eigenvalue weighted by Gasteiger charge is 2.57. The van der Waals surface area contributed by atoms with Crippen LogP contribution in [0, 0.1) is 5.41 Å². The molecule has 12 heavy (non-hydrogen) atoms. The highest BCUT2D eigenvalue weighted by molar-refractivity contribution is 6.21. The Bertz CT molecular complexity index is 233. The molecule has 0 radical (unpaired) electrons. The van der Waals surface area contributed by atoms with Gasteiger partial charge in [0.25, 0.3) is 5.91 Å². The van der Waals surface area contributed by atoms with Crippen LogP contribution in [0.4, 0.5) is 0 Å². The van der Waals surface area contributed by atoms with E-state index >= 15 is 0 Å². The Kier molecular flexibility index (Phi) is 1.64. The molecule has 1 amide bonds. The highest BCUT2D eigenvalue weighted by atomic mass is 35.5. The van der Waals surface area contributed by atoms with Gasteiger partial charge < -0.3 is 0 Å². The van der Waals surface area contributed by atoms with Crippen molar-refractivity contribution in [2.75, 3.05) is 7.05 Å². The molecule has 1 heterocycles. The molecule has 1 saturated heterocycles. The van der Waals surface area contributed by atoms with E-state index < -0.39 is 0 Å². The molecular formula is C8H12ClNO2. The van der Waals surface area contributed by atoms with Crippen molar-refractivity contribution in [2.45, 2.75) is 31.2 Å². The van der Waals surface area contributed by atoms with Gasteiger partial charge in [0.05, 0.1) is 10.8 Å². The van der Waals surface area contributed by atoms with E-state index in [4.69, 9.17) is 16.4 Å². The van der Waals surface area contributed by atoms with E-state index in [9.17, 15) is 4.79 Å². The first kappa shape index (κ1) is 8.32. The van der Waals surface area contributed by atoms with Gasteiger partial charge in [0.1, 0.15) is 6.10 Å². The summed E-state index contributed by atoms with van der Waals surface area (Å²) in [4.78, 5) is 17.0. The lowest BCUT2D eigenvalue weighted by Gasteiger charge is -2.17. The zero-order chi connectivity index (χ0) is 8.93. The average Bonchev–Trinajstić information content (AvgIpc) is 2.42. The van der Waals surface area contributed by atoms with Gasteiger partial charge in [-0.15, -0.1) is 11.6 Å². The van der Waals surface area contributed by atoms with Crippen LogP contribution in [0.2, 0.25) is 0 Å². The summed E-state index contributed by atoms with van der Waals surface area (Å²) in [5.74, 6) is 0.0654. The van der Waals surface area contributed by atoms with Crippen molar-refractivity contribution < 1.29 is 9.63 Å². The monoisotopic (exact) mass is 189 g/mol. The summed E-state index contributed by atoms with van der Waals surface area (Å²) in [7, 11) is 1.65. The fraction of sp³-hybridized carbons (Fsp3) is 0.875. The number of halogens is 1. The molecular weight excluding hydrogens is 178 g/mol. The number of nitrogens with zero attached hydrogens (tertiary/aromatic N) is 1. The smallest absolute Gasteiger partial charge is 0.254 e. The molecule has 2 fully saturated rings. The van der Waals surface area contributed by atoms with E-state index in [1.807, 2.05) is 6.92 Å². The third kappa shape index (κ3) is 0.837. The first-order valence-corrected chi connectivity index (χ1v) is 4.58. The van der Waals surface area contributed by atoms with E-state index in [2.05, 4.69) is 0 Å². The average molecular weight is 190 g/mol. The van der Waals surface area contributed by atoms with Crippen molar-refractivity contribution in [1.82, 2.24) is 5.06 Å². The normalized spacial score (nSPS) is 46.9. The van der Waals surface area contributed by atoms with Gasteiger partial charge in [-0.25, -0.2) is 5.06 Å². The zero-order valence-electron chi connectivity index (χ0n) is 7.21. The number of hydroxylamine groups is 2. The highest BCUT2D eigenvalue weighted by Crippen LogP contribution is 2.47. The molecule has 1 aliphatic heterocycles. The molecule has 1 aliphatic carbocycles. The number of carbonyl (C=O) groups is 1. The minimum Gasteiger partial charge on any atom is -0.272 e. The second-order valence-corrected chi connectivity index (χ2v) is 4.36. The van der Waals surface area contributed by atoms with Crippen LogP contribution in [0.25, 0.3) is 0 Å². The number of hydrogen-bond donors (Lipinski definition) is 0.